The number of aryl methyl sites for hydroxylation is 1. The van der Waals surface area contributed by atoms with Crippen molar-refractivity contribution >= 4 is 11.8 Å². The van der Waals surface area contributed by atoms with Gasteiger partial charge >= 0.3 is 0 Å². The van der Waals surface area contributed by atoms with Gasteiger partial charge in [0.05, 0.1) is 0 Å². The number of hydrogen-bond donors (Lipinski definition) is 1. The van der Waals surface area contributed by atoms with Crippen LogP contribution in [0.1, 0.15) is 25.1 Å². The molecule has 16 heavy (non-hydrogen) atoms. The molecule has 0 aliphatic carbocycles. The standard InChI is InChI=1S/C11H15N3O2/c1-14-10(15)6-8(7-11(14)16)2-3-9-12-4-5-13-9/h4-5,8H,2-3,6-7H2,1H3,(H,12,13). The largest absolute Gasteiger partial charge is 0.349 e. The van der Waals surface area contributed by atoms with Gasteiger partial charge in [0.2, 0.25) is 11.8 Å². The number of H-pyrrole nitrogens is 1. The summed E-state index contributed by atoms with van der Waals surface area (Å²) < 4.78 is 0. The maximum atomic E-state index is 11.5. The van der Waals surface area contributed by atoms with Gasteiger partial charge in [0.1, 0.15) is 5.82 Å². The number of carbonyl (C=O) groups excluding carboxylic acids is 2. The fraction of sp³-hybridized carbons (Fsp3) is 0.545. The van der Waals surface area contributed by atoms with Gasteiger partial charge in [-0.3, -0.25) is 14.5 Å². The molecule has 1 fully saturated rings. The van der Waals surface area contributed by atoms with Crippen LogP contribution in [0.15, 0.2) is 12.4 Å². The summed E-state index contributed by atoms with van der Waals surface area (Å²) in [6, 6.07) is 0. The number of imide groups is 1. The number of likely N-dealkylation sites (tertiary alicyclic amines) is 1. The van der Waals surface area contributed by atoms with E-state index >= 15 is 0 Å². The number of imidazole rings is 1. The lowest BCUT2D eigenvalue weighted by molar-refractivity contribution is -0.148. The minimum absolute atomic E-state index is 0.0688. The van der Waals surface area contributed by atoms with Crippen LogP contribution in [0.3, 0.4) is 0 Å². The maximum Gasteiger partial charge on any atom is 0.229 e. The zero-order valence-electron chi connectivity index (χ0n) is 9.27. The Labute approximate surface area is 93.9 Å². The van der Waals surface area contributed by atoms with Crippen molar-refractivity contribution in [3.05, 3.63) is 18.2 Å². The molecule has 2 heterocycles. The van der Waals surface area contributed by atoms with Gasteiger partial charge in [0.25, 0.3) is 0 Å². The highest BCUT2D eigenvalue weighted by Crippen LogP contribution is 2.22. The number of nitrogens with zero attached hydrogens (tertiary/aromatic N) is 2. The number of aromatic nitrogens is 2. The van der Waals surface area contributed by atoms with Crippen molar-refractivity contribution in [2.45, 2.75) is 25.7 Å². The molecule has 2 amide bonds. The van der Waals surface area contributed by atoms with Gasteiger partial charge in [0.15, 0.2) is 0 Å². The lowest BCUT2D eigenvalue weighted by atomic mass is 9.91. The van der Waals surface area contributed by atoms with E-state index in [9.17, 15) is 9.59 Å². The maximum absolute atomic E-state index is 11.5. The molecule has 1 aliphatic rings. The van der Waals surface area contributed by atoms with Gasteiger partial charge < -0.3 is 4.98 Å². The average molecular weight is 221 g/mol. The van der Waals surface area contributed by atoms with Crippen molar-refractivity contribution in [2.75, 3.05) is 7.05 Å². The van der Waals surface area contributed by atoms with Crippen molar-refractivity contribution < 1.29 is 9.59 Å². The van der Waals surface area contributed by atoms with E-state index in [2.05, 4.69) is 9.97 Å². The fourth-order valence-corrected chi connectivity index (χ4v) is 1.96. The zero-order chi connectivity index (χ0) is 11.5. The van der Waals surface area contributed by atoms with E-state index in [1.807, 2.05) is 0 Å². The first kappa shape index (κ1) is 10.9. The second-order valence-corrected chi connectivity index (χ2v) is 4.20. The molecule has 2 rings (SSSR count). The SMILES string of the molecule is CN1C(=O)CC(CCc2ncc[nH]2)CC1=O. The normalized spacial score (nSPS) is 18.2. The molecule has 1 aromatic rings. The molecule has 0 atom stereocenters. The van der Waals surface area contributed by atoms with E-state index in [-0.39, 0.29) is 17.7 Å². The summed E-state index contributed by atoms with van der Waals surface area (Å²) in [5, 5.41) is 0. The number of rotatable bonds is 3. The van der Waals surface area contributed by atoms with E-state index in [0.717, 1.165) is 18.7 Å². The Morgan fingerprint density at radius 2 is 2.12 bits per heavy atom. The number of carbonyl (C=O) groups is 2. The zero-order valence-corrected chi connectivity index (χ0v) is 9.27. The summed E-state index contributed by atoms with van der Waals surface area (Å²) >= 11 is 0. The highest BCUT2D eigenvalue weighted by atomic mass is 16.2. The lowest BCUT2D eigenvalue weighted by Crippen LogP contribution is -2.40. The highest BCUT2D eigenvalue weighted by Gasteiger charge is 2.29. The second-order valence-electron chi connectivity index (χ2n) is 4.20. The lowest BCUT2D eigenvalue weighted by Gasteiger charge is -2.26. The molecule has 5 heteroatoms. The van der Waals surface area contributed by atoms with Gasteiger partial charge in [-0.15, -0.1) is 0 Å². The molecular formula is C11H15N3O2. The third-order valence-corrected chi connectivity index (χ3v) is 3.02. The third kappa shape index (κ3) is 2.29. The van der Waals surface area contributed by atoms with Gasteiger partial charge in [-0.2, -0.15) is 0 Å². The predicted molar refractivity (Wildman–Crippen MR) is 57.4 cm³/mol. The average Bonchev–Trinajstić information content (AvgIpc) is 2.75. The molecular weight excluding hydrogens is 206 g/mol. The van der Waals surface area contributed by atoms with Crippen LogP contribution in [-0.4, -0.2) is 33.7 Å². The molecule has 0 saturated carbocycles. The van der Waals surface area contributed by atoms with E-state index in [0.29, 0.717) is 12.8 Å². The Morgan fingerprint density at radius 1 is 1.44 bits per heavy atom. The van der Waals surface area contributed by atoms with Gasteiger partial charge in [-0.05, 0) is 12.3 Å². The number of nitrogens with one attached hydrogen (secondary N) is 1. The Balaban J connectivity index is 1.87. The summed E-state index contributed by atoms with van der Waals surface area (Å²) in [4.78, 5) is 31.3. The number of aromatic amines is 1. The first-order valence-corrected chi connectivity index (χ1v) is 5.44. The van der Waals surface area contributed by atoms with Crippen molar-refractivity contribution in [3.8, 4) is 0 Å². The first-order valence-electron chi connectivity index (χ1n) is 5.44. The molecule has 0 unspecified atom stereocenters. The van der Waals surface area contributed by atoms with E-state index in [4.69, 9.17) is 0 Å². The molecule has 1 aliphatic heterocycles. The Kier molecular flexibility index (Phi) is 3.03. The van der Waals surface area contributed by atoms with Gasteiger partial charge in [-0.25, -0.2) is 4.98 Å². The van der Waals surface area contributed by atoms with Crippen LogP contribution in [0.25, 0.3) is 0 Å². The highest BCUT2D eigenvalue weighted by molar-refractivity contribution is 5.97. The Hall–Kier alpha value is -1.65. The number of piperidine rings is 1. The van der Waals surface area contributed by atoms with Crippen LogP contribution >= 0.6 is 0 Å². The smallest absolute Gasteiger partial charge is 0.229 e. The summed E-state index contributed by atoms with van der Waals surface area (Å²) in [7, 11) is 1.55. The van der Waals surface area contributed by atoms with Crippen LogP contribution in [0, 0.1) is 5.92 Å². The van der Waals surface area contributed by atoms with Gasteiger partial charge in [0, 0.05) is 38.7 Å². The summed E-state index contributed by atoms with van der Waals surface area (Å²) in [5.74, 6) is 0.946. The third-order valence-electron chi connectivity index (χ3n) is 3.02. The molecule has 86 valence electrons. The van der Waals surface area contributed by atoms with Crippen LogP contribution in [0.5, 0.6) is 0 Å². The Morgan fingerprint density at radius 3 is 2.69 bits per heavy atom. The van der Waals surface area contributed by atoms with Crippen molar-refractivity contribution in [2.24, 2.45) is 5.92 Å². The molecule has 0 radical (unpaired) electrons. The minimum Gasteiger partial charge on any atom is -0.349 e. The van der Waals surface area contributed by atoms with Crippen LogP contribution in [0.4, 0.5) is 0 Å². The molecule has 1 saturated heterocycles. The topological polar surface area (TPSA) is 66.1 Å². The predicted octanol–water partition coefficient (Wildman–Crippen LogP) is 0.737. The second kappa shape index (κ2) is 4.47. The monoisotopic (exact) mass is 221 g/mol. The minimum atomic E-state index is -0.0688. The van der Waals surface area contributed by atoms with E-state index < -0.39 is 0 Å². The van der Waals surface area contributed by atoms with Crippen LogP contribution in [-0.2, 0) is 16.0 Å². The Bertz CT molecular complexity index is 368. The molecule has 5 nitrogen and oxygen atoms in total. The van der Waals surface area contributed by atoms with Crippen LogP contribution < -0.4 is 0 Å². The first-order chi connectivity index (χ1) is 7.66. The molecule has 0 aromatic carbocycles. The summed E-state index contributed by atoms with van der Waals surface area (Å²) in [5.41, 5.74) is 0. The fourth-order valence-electron chi connectivity index (χ4n) is 1.96. The number of amides is 2. The molecule has 0 bridgehead atoms. The molecule has 1 N–H and O–H groups in total. The quantitative estimate of drug-likeness (QED) is 0.765. The van der Waals surface area contributed by atoms with Crippen molar-refractivity contribution in [1.82, 2.24) is 14.9 Å². The molecule has 0 spiro atoms. The van der Waals surface area contributed by atoms with E-state index in [1.54, 1.807) is 19.4 Å². The van der Waals surface area contributed by atoms with Gasteiger partial charge in [-0.1, -0.05) is 0 Å². The van der Waals surface area contributed by atoms with Crippen molar-refractivity contribution in [3.63, 3.8) is 0 Å². The summed E-state index contributed by atoms with van der Waals surface area (Å²) in [6.07, 6.45) is 6.06. The summed E-state index contributed by atoms with van der Waals surface area (Å²) in [6.45, 7) is 0. The number of hydrogen-bond acceptors (Lipinski definition) is 3. The molecule has 1 aromatic heterocycles. The van der Waals surface area contributed by atoms with Crippen molar-refractivity contribution in [1.29, 1.82) is 0 Å². The van der Waals surface area contributed by atoms with Crippen LogP contribution in [0.2, 0.25) is 0 Å². The van der Waals surface area contributed by atoms with E-state index in [1.165, 1.54) is 4.90 Å².